The molecule has 0 radical (unpaired) electrons. The van der Waals surface area contributed by atoms with Crippen molar-refractivity contribution in [1.82, 2.24) is 4.98 Å². The Balaban J connectivity index is 1.70. The van der Waals surface area contributed by atoms with Crippen LogP contribution in [0.2, 0.25) is 0 Å². The number of aromatic nitrogens is 1. The number of methoxy groups -OCH3 is 1. The lowest BCUT2D eigenvalue weighted by molar-refractivity contribution is -0.120. The van der Waals surface area contributed by atoms with Crippen molar-refractivity contribution in [3.8, 4) is 11.5 Å². The van der Waals surface area contributed by atoms with Crippen LogP contribution in [-0.2, 0) is 4.79 Å². The first kappa shape index (κ1) is 16.3. The molecular formula is C18H18N2O3S. The standard InChI is InChI=1S/C18H18N2O3S/c1-12-8-9-14(15(10-12)22-3)23-11-17(21)20(2)18-19-13-6-4-5-7-16(13)24-18/h4-10H,11H2,1-3H3. The van der Waals surface area contributed by atoms with Gasteiger partial charge in [0.05, 0.1) is 17.3 Å². The lowest BCUT2D eigenvalue weighted by Gasteiger charge is -2.15. The van der Waals surface area contributed by atoms with Crippen LogP contribution in [0.5, 0.6) is 11.5 Å². The van der Waals surface area contributed by atoms with E-state index >= 15 is 0 Å². The smallest absolute Gasteiger partial charge is 0.266 e. The van der Waals surface area contributed by atoms with Gasteiger partial charge in [-0.25, -0.2) is 4.98 Å². The topological polar surface area (TPSA) is 51.7 Å². The van der Waals surface area contributed by atoms with Gasteiger partial charge in [-0.05, 0) is 36.8 Å². The third-order valence-electron chi connectivity index (χ3n) is 3.61. The number of hydrogen-bond acceptors (Lipinski definition) is 5. The van der Waals surface area contributed by atoms with E-state index in [2.05, 4.69) is 4.98 Å². The van der Waals surface area contributed by atoms with Gasteiger partial charge < -0.3 is 9.47 Å². The molecule has 0 aliphatic heterocycles. The van der Waals surface area contributed by atoms with Gasteiger partial charge in [0.1, 0.15) is 0 Å². The highest BCUT2D eigenvalue weighted by atomic mass is 32.1. The number of anilines is 1. The first-order chi connectivity index (χ1) is 11.6. The zero-order valence-electron chi connectivity index (χ0n) is 13.8. The van der Waals surface area contributed by atoms with Gasteiger partial charge in [0.15, 0.2) is 23.2 Å². The van der Waals surface area contributed by atoms with Crippen molar-refractivity contribution in [3.05, 3.63) is 48.0 Å². The number of fused-ring (bicyclic) bond motifs is 1. The predicted molar refractivity (Wildman–Crippen MR) is 96.3 cm³/mol. The summed E-state index contributed by atoms with van der Waals surface area (Å²) in [7, 11) is 3.28. The quantitative estimate of drug-likeness (QED) is 0.710. The summed E-state index contributed by atoms with van der Waals surface area (Å²) in [6.45, 7) is 1.89. The minimum atomic E-state index is -0.170. The highest BCUT2D eigenvalue weighted by Gasteiger charge is 2.16. The van der Waals surface area contributed by atoms with E-state index in [-0.39, 0.29) is 12.5 Å². The molecule has 2 aromatic carbocycles. The van der Waals surface area contributed by atoms with Gasteiger partial charge >= 0.3 is 0 Å². The number of amides is 1. The Hall–Kier alpha value is -2.60. The number of para-hydroxylation sites is 1. The van der Waals surface area contributed by atoms with Crippen LogP contribution in [-0.4, -0.2) is 31.7 Å². The van der Waals surface area contributed by atoms with Crippen LogP contribution in [0.1, 0.15) is 5.56 Å². The van der Waals surface area contributed by atoms with Crippen LogP contribution in [0, 0.1) is 6.92 Å². The number of carbonyl (C=O) groups excluding carboxylic acids is 1. The first-order valence-electron chi connectivity index (χ1n) is 7.48. The molecule has 0 saturated heterocycles. The van der Waals surface area contributed by atoms with Crippen LogP contribution in [0.4, 0.5) is 5.13 Å². The minimum absolute atomic E-state index is 0.0775. The largest absolute Gasteiger partial charge is 0.493 e. The maximum atomic E-state index is 12.4. The number of benzene rings is 2. The second-order valence-electron chi connectivity index (χ2n) is 5.36. The molecule has 0 fully saturated rings. The lowest BCUT2D eigenvalue weighted by atomic mass is 10.2. The van der Waals surface area contributed by atoms with Crippen molar-refractivity contribution in [1.29, 1.82) is 0 Å². The summed E-state index contributed by atoms with van der Waals surface area (Å²) in [5, 5.41) is 0.653. The number of hydrogen-bond donors (Lipinski definition) is 0. The number of carbonyl (C=O) groups is 1. The van der Waals surface area contributed by atoms with E-state index in [1.165, 1.54) is 16.2 Å². The molecule has 0 saturated carbocycles. The van der Waals surface area contributed by atoms with E-state index in [0.29, 0.717) is 16.6 Å². The number of nitrogens with zero attached hydrogens (tertiary/aromatic N) is 2. The molecule has 0 N–H and O–H groups in total. The Kier molecular flexibility index (Phi) is 4.66. The summed E-state index contributed by atoms with van der Waals surface area (Å²) in [5.41, 5.74) is 1.95. The summed E-state index contributed by atoms with van der Waals surface area (Å²) < 4.78 is 12.0. The van der Waals surface area contributed by atoms with Gasteiger partial charge in [-0.3, -0.25) is 9.69 Å². The highest BCUT2D eigenvalue weighted by molar-refractivity contribution is 7.22. The van der Waals surface area contributed by atoms with Gasteiger partial charge in [0.25, 0.3) is 5.91 Å². The van der Waals surface area contributed by atoms with Crippen LogP contribution < -0.4 is 14.4 Å². The van der Waals surface area contributed by atoms with E-state index in [9.17, 15) is 4.79 Å². The van der Waals surface area contributed by atoms with E-state index in [1.54, 1.807) is 20.2 Å². The zero-order valence-corrected chi connectivity index (χ0v) is 14.6. The number of likely N-dealkylation sites (N-methyl/N-ethyl adjacent to an activating group) is 1. The van der Waals surface area contributed by atoms with Crippen LogP contribution in [0.15, 0.2) is 42.5 Å². The van der Waals surface area contributed by atoms with Crippen LogP contribution >= 0.6 is 11.3 Å². The number of aryl methyl sites for hydroxylation is 1. The Morgan fingerprint density at radius 2 is 2.00 bits per heavy atom. The van der Waals surface area contributed by atoms with Gasteiger partial charge in [0, 0.05) is 7.05 Å². The van der Waals surface area contributed by atoms with Crippen LogP contribution in [0.25, 0.3) is 10.2 Å². The molecule has 5 nitrogen and oxygen atoms in total. The average Bonchev–Trinajstić information content (AvgIpc) is 3.03. The Labute approximate surface area is 144 Å². The third kappa shape index (κ3) is 3.33. The molecule has 3 rings (SSSR count). The van der Waals surface area contributed by atoms with Crippen LogP contribution in [0.3, 0.4) is 0 Å². The van der Waals surface area contributed by atoms with E-state index in [0.717, 1.165) is 15.8 Å². The number of thiazole rings is 1. The molecule has 1 heterocycles. The van der Waals surface area contributed by atoms with Gasteiger partial charge in [-0.1, -0.05) is 29.5 Å². The molecule has 0 unspecified atom stereocenters. The van der Waals surface area contributed by atoms with E-state index < -0.39 is 0 Å². The molecular weight excluding hydrogens is 324 g/mol. The summed E-state index contributed by atoms with van der Waals surface area (Å²) in [6.07, 6.45) is 0. The normalized spacial score (nSPS) is 10.6. The second-order valence-corrected chi connectivity index (χ2v) is 6.37. The van der Waals surface area contributed by atoms with Gasteiger partial charge in [-0.2, -0.15) is 0 Å². The number of rotatable bonds is 5. The fraction of sp³-hybridized carbons (Fsp3) is 0.222. The number of ether oxygens (including phenoxy) is 2. The predicted octanol–water partition coefficient (Wildman–Crippen LogP) is 3.66. The molecule has 24 heavy (non-hydrogen) atoms. The van der Waals surface area contributed by atoms with Crippen molar-refractivity contribution in [2.75, 3.05) is 25.7 Å². The molecule has 0 bridgehead atoms. The summed E-state index contributed by atoms with van der Waals surface area (Å²) >= 11 is 1.48. The van der Waals surface area contributed by atoms with Crippen molar-refractivity contribution in [3.63, 3.8) is 0 Å². The molecule has 0 aliphatic rings. The molecule has 124 valence electrons. The fourth-order valence-electron chi connectivity index (χ4n) is 2.24. The second kappa shape index (κ2) is 6.88. The summed E-state index contributed by atoms with van der Waals surface area (Å²) in [5.74, 6) is 0.997. The fourth-order valence-corrected chi connectivity index (χ4v) is 3.18. The molecule has 1 aromatic heterocycles. The molecule has 3 aromatic rings. The Morgan fingerprint density at radius 3 is 2.75 bits per heavy atom. The molecule has 1 amide bonds. The van der Waals surface area contributed by atoms with Crippen molar-refractivity contribution < 1.29 is 14.3 Å². The zero-order chi connectivity index (χ0) is 17.1. The third-order valence-corrected chi connectivity index (χ3v) is 4.73. The van der Waals surface area contributed by atoms with Gasteiger partial charge in [-0.15, -0.1) is 0 Å². The van der Waals surface area contributed by atoms with Crippen molar-refractivity contribution in [2.45, 2.75) is 6.92 Å². The van der Waals surface area contributed by atoms with Crippen molar-refractivity contribution >= 4 is 32.6 Å². The summed E-state index contributed by atoms with van der Waals surface area (Å²) in [4.78, 5) is 18.4. The SMILES string of the molecule is COc1cc(C)ccc1OCC(=O)N(C)c1nc2ccccc2s1. The lowest BCUT2D eigenvalue weighted by Crippen LogP contribution is -2.31. The monoisotopic (exact) mass is 342 g/mol. The summed E-state index contributed by atoms with van der Waals surface area (Å²) in [6, 6.07) is 13.4. The maximum absolute atomic E-state index is 12.4. The molecule has 0 aliphatic carbocycles. The molecule has 0 atom stereocenters. The van der Waals surface area contributed by atoms with E-state index in [1.807, 2.05) is 43.3 Å². The Morgan fingerprint density at radius 1 is 1.21 bits per heavy atom. The van der Waals surface area contributed by atoms with Crippen molar-refractivity contribution in [2.24, 2.45) is 0 Å². The average molecular weight is 342 g/mol. The van der Waals surface area contributed by atoms with E-state index in [4.69, 9.17) is 9.47 Å². The first-order valence-corrected chi connectivity index (χ1v) is 8.29. The minimum Gasteiger partial charge on any atom is -0.493 e. The molecule has 0 spiro atoms. The maximum Gasteiger partial charge on any atom is 0.266 e. The molecule has 6 heteroatoms. The Bertz CT molecular complexity index is 843. The van der Waals surface area contributed by atoms with Gasteiger partial charge in [0.2, 0.25) is 0 Å². The highest BCUT2D eigenvalue weighted by Crippen LogP contribution is 2.29.